The summed E-state index contributed by atoms with van der Waals surface area (Å²) in [5.74, 6) is 1.15. The Balaban J connectivity index is 1.68. The van der Waals surface area contributed by atoms with Crippen LogP contribution in [0.3, 0.4) is 0 Å². The fourth-order valence-electron chi connectivity index (χ4n) is 2.44. The van der Waals surface area contributed by atoms with Crippen LogP contribution in [0, 0.1) is 0 Å². The van der Waals surface area contributed by atoms with Crippen LogP contribution >= 0.6 is 0 Å². The van der Waals surface area contributed by atoms with Crippen molar-refractivity contribution < 1.29 is 14.3 Å². The zero-order valence-corrected chi connectivity index (χ0v) is 13.7. The average Bonchev–Trinajstić information content (AvgIpc) is 2.61. The summed E-state index contributed by atoms with van der Waals surface area (Å²) >= 11 is 0. The molecule has 0 spiro atoms. The maximum absolute atomic E-state index is 12.3. The highest BCUT2D eigenvalue weighted by Gasteiger charge is 2.15. The van der Waals surface area contributed by atoms with Crippen LogP contribution in [0.2, 0.25) is 0 Å². The van der Waals surface area contributed by atoms with Gasteiger partial charge >= 0.3 is 0 Å². The summed E-state index contributed by atoms with van der Waals surface area (Å²) in [5.41, 5.74) is 0.674. The molecular weight excluding hydrogens is 302 g/mol. The van der Waals surface area contributed by atoms with Gasteiger partial charge in [-0.05, 0) is 42.0 Å². The highest BCUT2D eigenvalue weighted by molar-refractivity contribution is 5.94. The molecule has 1 amide bonds. The first-order valence-electron chi connectivity index (χ1n) is 7.76. The lowest BCUT2D eigenvalue weighted by Crippen LogP contribution is -2.30. The predicted octanol–water partition coefficient (Wildman–Crippen LogP) is 4.25. The summed E-state index contributed by atoms with van der Waals surface area (Å²) in [6, 6.07) is 21.0. The number of hydrogen-bond donors (Lipinski definition) is 1. The molecule has 24 heavy (non-hydrogen) atoms. The Morgan fingerprint density at radius 1 is 0.917 bits per heavy atom. The van der Waals surface area contributed by atoms with Crippen LogP contribution in [-0.4, -0.2) is 19.1 Å². The molecule has 0 saturated carbocycles. The molecule has 0 aliphatic heterocycles. The van der Waals surface area contributed by atoms with E-state index in [1.807, 2.05) is 60.7 Å². The van der Waals surface area contributed by atoms with E-state index in [1.54, 1.807) is 20.1 Å². The number of ether oxygens (including phenoxy) is 2. The van der Waals surface area contributed by atoms with E-state index in [9.17, 15) is 4.79 Å². The van der Waals surface area contributed by atoms with Gasteiger partial charge < -0.3 is 14.8 Å². The SMILES string of the molecule is COc1cccc(NC(=O)C(C)Oc2ccc3ccccc3c2)c1. The minimum atomic E-state index is -0.614. The number of nitrogens with one attached hydrogen (secondary N) is 1. The predicted molar refractivity (Wildman–Crippen MR) is 95.7 cm³/mol. The minimum Gasteiger partial charge on any atom is -0.497 e. The normalized spacial score (nSPS) is 11.8. The van der Waals surface area contributed by atoms with Gasteiger partial charge in [-0.15, -0.1) is 0 Å². The molecule has 0 saturated heterocycles. The third kappa shape index (κ3) is 3.66. The number of rotatable bonds is 5. The summed E-state index contributed by atoms with van der Waals surface area (Å²) in [6.07, 6.45) is -0.614. The number of methoxy groups -OCH3 is 1. The number of carbonyl (C=O) groups excluding carboxylic acids is 1. The number of fused-ring (bicyclic) bond motifs is 1. The highest BCUT2D eigenvalue weighted by Crippen LogP contribution is 2.22. The van der Waals surface area contributed by atoms with Gasteiger partial charge in [0.25, 0.3) is 5.91 Å². The van der Waals surface area contributed by atoms with Gasteiger partial charge in [0.2, 0.25) is 0 Å². The molecule has 1 unspecified atom stereocenters. The summed E-state index contributed by atoms with van der Waals surface area (Å²) < 4.78 is 10.9. The molecule has 0 radical (unpaired) electrons. The Labute approximate surface area is 141 Å². The topological polar surface area (TPSA) is 47.6 Å². The van der Waals surface area contributed by atoms with Crippen molar-refractivity contribution in [3.63, 3.8) is 0 Å². The van der Waals surface area contributed by atoms with E-state index >= 15 is 0 Å². The molecule has 4 nitrogen and oxygen atoms in total. The zero-order valence-electron chi connectivity index (χ0n) is 13.7. The van der Waals surface area contributed by atoms with Crippen LogP contribution in [0.5, 0.6) is 11.5 Å². The van der Waals surface area contributed by atoms with Crippen LogP contribution in [0.1, 0.15) is 6.92 Å². The quantitative estimate of drug-likeness (QED) is 0.764. The molecule has 0 aromatic heterocycles. The Hall–Kier alpha value is -3.01. The van der Waals surface area contributed by atoms with Gasteiger partial charge in [0.15, 0.2) is 6.10 Å². The fraction of sp³-hybridized carbons (Fsp3) is 0.150. The van der Waals surface area contributed by atoms with Crippen molar-refractivity contribution in [2.24, 2.45) is 0 Å². The average molecular weight is 321 g/mol. The molecule has 0 fully saturated rings. The van der Waals surface area contributed by atoms with Gasteiger partial charge in [0, 0.05) is 11.8 Å². The van der Waals surface area contributed by atoms with Crippen LogP contribution in [0.25, 0.3) is 10.8 Å². The van der Waals surface area contributed by atoms with Crippen LogP contribution in [0.4, 0.5) is 5.69 Å². The summed E-state index contributed by atoms with van der Waals surface area (Å²) in [7, 11) is 1.59. The number of benzene rings is 3. The van der Waals surface area contributed by atoms with Gasteiger partial charge in [0.05, 0.1) is 7.11 Å². The molecule has 3 aromatic rings. The Morgan fingerprint density at radius 2 is 1.71 bits per heavy atom. The van der Waals surface area contributed by atoms with E-state index in [4.69, 9.17) is 9.47 Å². The maximum Gasteiger partial charge on any atom is 0.265 e. The van der Waals surface area contributed by atoms with Gasteiger partial charge in [-0.3, -0.25) is 4.79 Å². The van der Waals surface area contributed by atoms with Crippen LogP contribution in [0.15, 0.2) is 66.7 Å². The van der Waals surface area contributed by atoms with Crippen molar-refractivity contribution >= 4 is 22.4 Å². The van der Waals surface area contributed by atoms with Crippen molar-refractivity contribution in [2.75, 3.05) is 12.4 Å². The maximum atomic E-state index is 12.3. The second-order valence-electron chi connectivity index (χ2n) is 5.49. The second-order valence-corrected chi connectivity index (χ2v) is 5.49. The van der Waals surface area contributed by atoms with E-state index < -0.39 is 6.10 Å². The van der Waals surface area contributed by atoms with Gasteiger partial charge in [-0.2, -0.15) is 0 Å². The van der Waals surface area contributed by atoms with Crippen molar-refractivity contribution in [1.29, 1.82) is 0 Å². The highest BCUT2D eigenvalue weighted by atomic mass is 16.5. The molecule has 122 valence electrons. The monoisotopic (exact) mass is 321 g/mol. The molecule has 4 heteroatoms. The first-order chi connectivity index (χ1) is 11.7. The minimum absolute atomic E-state index is 0.212. The zero-order chi connectivity index (χ0) is 16.9. The lowest BCUT2D eigenvalue weighted by Gasteiger charge is -2.15. The first-order valence-corrected chi connectivity index (χ1v) is 7.76. The summed E-state index contributed by atoms with van der Waals surface area (Å²) in [6.45, 7) is 1.73. The summed E-state index contributed by atoms with van der Waals surface area (Å²) in [5, 5.41) is 5.05. The third-order valence-corrected chi connectivity index (χ3v) is 3.74. The number of amides is 1. The van der Waals surface area contributed by atoms with Crippen molar-refractivity contribution in [2.45, 2.75) is 13.0 Å². The third-order valence-electron chi connectivity index (χ3n) is 3.74. The molecule has 0 aliphatic carbocycles. The van der Waals surface area contributed by atoms with Gasteiger partial charge in [-0.1, -0.05) is 36.4 Å². The second kappa shape index (κ2) is 7.04. The van der Waals surface area contributed by atoms with E-state index in [0.29, 0.717) is 17.2 Å². The van der Waals surface area contributed by atoms with E-state index in [-0.39, 0.29) is 5.91 Å². The van der Waals surface area contributed by atoms with Crippen molar-refractivity contribution in [3.8, 4) is 11.5 Å². The largest absolute Gasteiger partial charge is 0.497 e. The molecule has 3 rings (SSSR count). The lowest BCUT2D eigenvalue weighted by molar-refractivity contribution is -0.122. The van der Waals surface area contributed by atoms with E-state index in [1.165, 1.54) is 0 Å². The molecule has 0 aliphatic rings. The van der Waals surface area contributed by atoms with Crippen LogP contribution < -0.4 is 14.8 Å². The van der Waals surface area contributed by atoms with Crippen molar-refractivity contribution in [3.05, 3.63) is 66.7 Å². The number of carbonyl (C=O) groups is 1. The Kier molecular flexibility index (Phi) is 4.66. The smallest absolute Gasteiger partial charge is 0.265 e. The van der Waals surface area contributed by atoms with E-state index in [2.05, 4.69) is 5.32 Å². The number of anilines is 1. The number of hydrogen-bond acceptors (Lipinski definition) is 3. The standard InChI is InChI=1S/C20H19NO3/c1-14(20(22)21-17-8-5-9-18(13-17)23-2)24-19-11-10-15-6-3-4-7-16(15)12-19/h3-14H,1-2H3,(H,21,22). The molecule has 1 N–H and O–H groups in total. The fourth-order valence-corrected chi connectivity index (χ4v) is 2.44. The molecule has 0 bridgehead atoms. The van der Waals surface area contributed by atoms with E-state index in [0.717, 1.165) is 10.8 Å². The van der Waals surface area contributed by atoms with Gasteiger partial charge in [-0.25, -0.2) is 0 Å². The van der Waals surface area contributed by atoms with Crippen molar-refractivity contribution in [1.82, 2.24) is 0 Å². The molecular formula is C20H19NO3. The molecule has 0 heterocycles. The van der Waals surface area contributed by atoms with Crippen LogP contribution in [-0.2, 0) is 4.79 Å². The molecule has 1 atom stereocenters. The lowest BCUT2D eigenvalue weighted by atomic mass is 10.1. The Bertz CT molecular complexity index is 860. The van der Waals surface area contributed by atoms with Gasteiger partial charge in [0.1, 0.15) is 11.5 Å². The Morgan fingerprint density at radius 3 is 2.50 bits per heavy atom. The first kappa shape index (κ1) is 15.9. The summed E-state index contributed by atoms with van der Waals surface area (Å²) in [4.78, 5) is 12.3. The molecule has 3 aromatic carbocycles.